The van der Waals surface area contributed by atoms with Gasteiger partial charge in [-0.1, -0.05) is 0 Å². The van der Waals surface area contributed by atoms with Crippen LogP contribution >= 0.6 is 0 Å². The molecule has 2 saturated heterocycles. The first kappa shape index (κ1) is 20.7. The van der Waals surface area contributed by atoms with E-state index in [0.29, 0.717) is 12.4 Å². The summed E-state index contributed by atoms with van der Waals surface area (Å²) in [5.74, 6) is 2.34. The van der Waals surface area contributed by atoms with E-state index in [1.807, 2.05) is 38.1 Å². The number of hydrogen-bond acceptors (Lipinski definition) is 7. The summed E-state index contributed by atoms with van der Waals surface area (Å²) in [6.45, 7) is 4.62. The molecule has 2 aliphatic heterocycles. The van der Waals surface area contributed by atoms with Gasteiger partial charge in [-0.25, -0.2) is 4.98 Å². The third-order valence-electron chi connectivity index (χ3n) is 6.35. The van der Waals surface area contributed by atoms with Gasteiger partial charge >= 0.3 is 0 Å². The van der Waals surface area contributed by atoms with Crippen LogP contribution in [0.15, 0.2) is 30.5 Å². The topological polar surface area (TPSA) is 108 Å². The molecule has 0 spiro atoms. The Labute approximate surface area is 187 Å². The van der Waals surface area contributed by atoms with Crippen LogP contribution in [0.2, 0.25) is 0 Å². The molecule has 0 radical (unpaired) electrons. The fraction of sp³-hybridized carbons (Fsp3) is 0.478. The minimum Gasteiger partial charge on any atom is -0.372 e. The third-order valence-corrected chi connectivity index (χ3v) is 6.35. The van der Waals surface area contributed by atoms with Crippen LogP contribution in [-0.2, 0) is 9.53 Å². The van der Waals surface area contributed by atoms with Crippen LogP contribution in [0.5, 0.6) is 0 Å². The normalized spacial score (nSPS) is 22.3. The highest BCUT2D eigenvalue weighted by molar-refractivity contribution is 5.91. The highest BCUT2D eigenvalue weighted by Crippen LogP contribution is 2.37. The van der Waals surface area contributed by atoms with Crippen molar-refractivity contribution in [3.05, 3.63) is 36.2 Å². The lowest BCUT2D eigenvalue weighted by atomic mass is 9.97. The van der Waals surface area contributed by atoms with Crippen LogP contribution in [0.25, 0.3) is 10.9 Å². The first-order valence-corrected chi connectivity index (χ1v) is 11.3. The molecule has 168 valence electrons. The van der Waals surface area contributed by atoms with Crippen molar-refractivity contribution in [1.82, 2.24) is 25.1 Å². The third kappa shape index (κ3) is 4.12. The van der Waals surface area contributed by atoms with Crippen LogP contribution < -0.4 is 10.6 Å². The van der Waals surface area contributed by atoms with Gasteiger partial charge in [-0.3, -0.25) is 14.9 Å². The van der Waals surface area contributed by atoms with E-state index < -0.39 is 0 Å². The second kappa shape index (κ2) is 8.74. The van der Waals surface area contributed by atoms with Gasteiger partial charge in [0.2, 0.25) is 5.91 Å². The highest BCUT2D eigenvalue weighted by Gasteiger charge is 2.43. The number of amides is 1. The number of carbonyl (C=O) groups excluding carboxylic acids is 1. The number of nitrogens with zero attached hydrogens (tertiary/aromatic N) is 4. The second-order valence-corrected chi connectivity index (χ2v) is 8.62. The number of piperidine rings is 1. The zero-order valence-electron chi connectivity index (χ0n) is 18.5. The smallest absolute Gasteiger partial charge is 0.249 e. The molecule has 3 aromatic rings. The number of aryl methyl sites for hydroxylation is 1. The van der Waals surface area contributed by atoms with Crippen LogP contribution in [0.3, 0.4) is 0 Å². The van der Waals surface area contributed by atoms with Gasteiger partial charge in [0, 0.05) is 54.1 Å². The lowest BCUT2D eigenvalue weighted by molar-refractivity contribution is -0.140. The van der Waals surface area contributed by atoms with E-state index in [9.17, 15) is 4.79 Å². The maximum absolute atomic E-state index is 12.6. The lowest BCUT2D eigenvalue weighted by Gasteiger charge is -2.39. The Morgan fingerprint density at radius 2 is 2.06 bits per heavy atom. The zero-order valence-corrected chi connectivity index (χ0v) is 18.5. The summed E-state index contributed by atoms with van der Waals surface area (Å²) in [5, 5.41) is 15.1. The first-order valence-electron chi connectivity index (χ1n) is 11.3. The van der Waals surface area contributed by atoms with Crippen molar-refractivity contribution in [1.29, 1.82) is 0 Å². The first-order chi connectivity index (χ1) is 15.6. The van der Waals surface area contributed by atoms with Gasteiger partial charge in [0.05, 0.1) is 5.52 Å². The molecule has 1 unspecified atom stereocenters. The molecule has 0 aromatic carbocycles. The van der Waals surface area contributed by atoms with Crippen molar-refractivity contribution in [3.8, 4) is 0 Å². The molecule has 0 saturated carbocycles. The number of aromatic nitrogens is 4. The van der Waals surface area contributed by atoms with E-state index in [2.05, 4.69) is 30.7 Å². The van der Waals surface area contributed by atoms with Crippen LogP contribution in [-0.4, -0.2) is 62.3 Å². The molecule has 2 aliphatic rings. The molecule has 1 amide bonds. The van der Waals surface area contributed by atoms with E-state index in [0.717, 1.165) is 53.9 Å². The zero-order chi connectivity index (χ0) is 22.1. The van der Waals surface area contributed by atoms with E-state index in [1.165, 1.54) is 0 Å². The summed E-state index contributed by atoms with van der Waals surface area (Å²) in [6, 6.07) is 8.61. The Morgan fingerprint density at radius 3 is 2.78 bits per heavy atom. The number of H-pyrrole nitrogens is 1. The predicted octanol–water partition coefficient (Wildman–Crippen LogP) is 3.38. The van der Waals surface area contributed by atoms with Crippen molar-refractivity contribution in [2.24, 2.45) is 0 Å². The van der Waals surface area contributed by atoms with Crippen LogP contribution in [0.1, 0.15) is 38.3 Å². The number of aromatic amines is 1. The summed E-state index contributed by atoms with van der Waals surface area (Å²) in [5.41, 5.74) is 1.85. The van der Waals surface area contributed by atoms with Crippen LogP contribution in [0, 0.1) is 6.92 Å². The number of ether oxygens (including phenoxy) is 1. The Balaban J connectivity index is 1.36. The molecule has 2 bridgehead atoms. The molecular formula is C23H29N7O2. The molecule has 5 heterocycles. The van der Waals surface area contributed by atoms with E-state index >= 15 is 0 Å². The lowest BCUT2D eigenvalue weighted by Crippen LogP contribution is -2.50. The van der Waals surface area contributed by atoms with Crippen molar-refractivity contribution >= 4 is 34.3 Å². The Morgan fingerprint density at radius 1 is 1.25 bits per heavy atom. The number of hydrogen-bond donors (Lipinski definition) is 3. The minimum atomic E-state index is 0.117. The van der Waals surface area contributed by atoms with Gasteiger partial charge in [-0.2, -0.15) is 5.10 Å². The number of fused-ring (bicyclic) bond motifs is 3. The molecule has 0 aliphatic carbocycles. The number of rotatable bonds is 7. The summed E-state index contributed by atoms with van der Waals surface area (Å²) in [6.07, 6.45) is 5.71. The summed E-state index contributed by atoms with van der Waals surface area (Å²) < 4.78 is 5.37. The largest absolute Gasteiger partial charge is 0.372 e. The number of nitrogens with one attached hydrogen (secondary N) is 3. The van der Waals surface area contributed by atoms with Crippen molar-refractivity contribution in [3.63, 3.8) is 0 Å². The van der Waals surface area contributed by atoms with Gasteiger partial charge < -0.3 is 20.3 Å². The fourth-order valence-electron chi connectivity index (χ4n) is 5.02. The van der Waals surface area contributed by atoms with Crippen molar-refractivity contribution in [2.75, 3.05) is 23.8 Å². The standard InChI is InChI=1S/C23H29N7O2/c1-3-32-13-22(31)30-16-6-7-17(30)11-15(10-16)25-23-18-5-4-8-24-19(18)12-20(27-23)26-21-9-14(2)28-29-21/h4-5,8-9,12,15-17H,3,6-7,10-11,13H2,1-2H3,(H3,25,26,27,28,29)/t15?,16-,17+. The van der Waals surface area contributed by atoms with Gasteiger partial charge in [0.25, 0.3) is 0 Å². The molecule has 5 rings (SSSR count). The summed E-state index contributed by atoms with van der Waals surface area (Å²) >= 11 is 0. The van der Waals surface area contributed by atoms with Gasteiger partial charge in [-0.05, 0) is 51.7 Å². The molecule has 3 atom stereocenters. The molecular weight excluding hydrogens is 406 g/mol. The van der Waals surface area contributed by atoms with Gasteiger partial charge in [0.1, 0.15) is 18.2 Å². The monoisotopic (exact) mass is 435 g/mol. The average Bonchev–Trinajstić information content (AvgIpc) is 3.31. The number of pyridine rings is 2. The van der Waals surface area contributed by atoms with Gasteiger partial charge in [-0.15, -0.1) is 0 Å². The Hall–Kier alpha value is -3.20. The summed E-state index contributed by atoms with van der Waals surface area (Å²) in [4.78, 5) is 24.1. The SMILES string of the molecule is CCOCC(=O)N1[C@@H]2CC[C@H]1CC(Nc1nc(Nc3cc(C)[nH]n3)cc3ncccc13)C2. The Bertz CT molecular complexity index is 1100. The molecule has 3 aromatic heterocycles. The predicted molar refractivity (Wildman–Crippen MR) is 123 cm³/mol. The van der Waals surface area contributed by atoms with E-state index in [1.54, 1.807) is 6.20 Å². The summed E-state index contributed by atoms with van der Waals surface area (Å²) in [7, 11) is 0. The van der Waals surface area contributed by atoms with Crippen molar-refractivity contribution in [2.45, 2.75) is 57.7 Å². The maximum atomic E-state index is 12.6. The average molecular weight is 436 g/mol. The minimum absolute atomic E-state index is 0.117. The van der Waals surface area contributed by atoms with Gasteiger partial charge in [0.15, 0.2) is 5.82 Å². The van der Waals surface area contributed by atoms with Crippen LogP contribution in [0.4, 0.5) is 17.5 Å². The fourth-order valence-corrected chi connectivity index (χ4v) is 5.02. The maximum Gasteiger partial charge on any atom is 0.249 e. The molecule has 32 heavy (non-hydrogen) atoms. The molecule has 3 N–H and O–H groups in total. The quantitative estimate of drug-likeness (QED) is 0.522. The van der Waals surface area contributed by atoms with E-state index in [-0.39, 0.29) is 30.6 Å². The van der Waals surface area contributed by atoms with E-state index in [4.69, 9.17) is 9.72 Å². The van der Waals surface area contributed by atoms with Crippen molar-refractivity contribution < 1.29 is 9.53 Å². The highest BCUT2D eigenvalue weighted by atomic mass is 16.5. The molecule has 2 fully saturated rings. The molecule has 9 heteroatoms. The Kier molecular flexibility index (Phi) is 5.65. The molecule has 9 nitrogen and oxygen atoms in total. The number of anilines is 3. The number of carbonyl (C=O) groups is 1. The second-order valence-electron chi connectivity index (χ2n) is 8.62.